The van der Waals surface area contributed by atoms with Crippen molar-refractivity contribution < 1.29 is 13.2 Å². The van der Waals surface area contributed by atoms with E-state index in [9.17, 15) is 8.42 Å². The van der Waals surface area contributed by atoms with E-state index in [1.165, 1.54) is 0 Å². The first-order valence-corrected chi connectivity index (χ1v) is 6.17. The summed E-state index contributed by atoms with van der Waals surface area (Å²) in [7, 11) is -3.41. The van der Waals surface area contributed by atoms with Crippen LogP contribution in [0.3, 0.4) is 0 Å². The Labute approximate surface area is 89.3 Å². The Balaban J connectivity index is 2.21. The number of nitrogens with one attached hydrogen (secondary N) is 1. The molecule has 0 radical (unpaired) electrons. The number of rotatable bonds is 3. The molecular weight excluding hydrogens is 214 g/mol. The second-order valence-corrected chi connectivity index (χ2v) is 5.65. The molecule has 0 aliphatic carbocycles. The minimum atomic E-state index is -3.41. The van der Waals surface area contributed by atoms with Crippen molar-refractivity contribution in [2.75, 3.05) is 13.2 Å². The Morgan fingerprint density at radius 2 is 1.87 bits per heavy atom. The van der Waals surface area contributed by atoms with Crippen molar-refractivity contribution in [3.05, 3.63) is 30.3 Å². The van der Waals surface area contributed by atoms with Crippen molar-refractivity contribution in [2.24, 2.45) is 0 Å². The summed E-state index contributed by atoms with van der Waals surface area (Å²) in [6.07, 6.45) is 0. The van der Waals surface area contributed by atoms with Gasteiger partial charge >= 0.3 is 0 Å². The van der Waals surface area contributed by atoms with E-state index in [-0.39, 0.29) is 4.90 Å². The summed E-state index contributed by atoms with van der Waals surface area (Å²) >= 11 is 0. The van der Waals surface area contributed by atoms with E-state index in [1.54, 1.807) is 30.3 Å². The van der Waals surface area contributed by atoms with Gasteiger partial charge in [0, 0.05) is 0 Å². The van der Waals surface area contributed by atoms with Crippen molar-refractivity contribution in [1.29, 1.82) is 0 Å². The Kier molecular flexibility index (Phi) is 2.54. The van der Waals surface area contributed by atoms with Crippen molar-refractivity contribution in [3.63, 3.8) is 0 Å². The monoisotopic (exact) mass is 227 g/mol. The molecule has 0 saturated carbocycles. The molecule has 1 heterocycles. The minimum Gasteiger partial charge on any atom is -0.377 e. The third-order valence-electron chi connectivity index (χ3n) is 2.28. The van der Waals surface area contributed by atoms with Gasteiger partial charge in [0.05, 0.1) is 23.6 Å². The fourth-order valence-corrected chi connectivity index (χ4v) is 2.85. The second kappa shape index (κ2) is 3.59. The van der Waals surface area contributed by atoms with E-state index in [2.05, 4.69) is 4.72 Å². The van der Waals surface area contributed by atoms with Crippen molar-refractivity contribution in [3.8, 4) is 0 Å². The Morgan fingerprint density at radius 1 is 1.27 bits per heavy atom. The number of hydrogen-bond acceptors (Lipinski definition) is 3. The average molecular weight is 227 g/mol. The van der Waals surface area contributed by atoms with Crippen molar-refractivity contribution >= 4 is 10.0 Å². The lowest BCUT2D eigenvalue weighted by Gasteiger charge is -2.38. The van der Waals surface area contributed by atoms with Crippen LogP contribution < -0.4 is 4.72 Å². The SMILES string of the molecule is CC1(NS(=O)(=O)c2ccccc2)COC1. The highest BCUT2D eigenvalue weighted by Crippen LogP contribution is 2.19. The molecule has 1 fully saturated rings. The third-order valence-corrected chi connectivity index (χ3v) is 3.93. The molecule has 82 valence electrons. The van der Waals surface area contributed by atoms with Gasteiger partial charge in [-0.2, -0.15) is 0 Å². The fraction of sp³-hybridized carbons (Fsp3) is 0.400. The zero-order valence-electron chi connectivity index (χ0n) is 8.43. The maximum absolute atomic E-state index is 11.9. The van der Waals surface area contributed by atoms with Crippen LogP contribution in [0.2, 0.25) is 0 Å². The summed E-state index contributed by atoms with van der Waals surface area (Å²) in [5.74, 6) is 0. The van der Waals surface area contributed by atoms with Crippen LogP contribution in [0.1, 0.15) is 6.92 Å². The van der Waals surface area contributed by atoms with Crippen LogP contribution in [-0.4, -0.2) is 27.2 Å². The topological polar surface area (TPSA) is 55.4 Å². The van der Waals surface area contributed by atoms with Crippen LogP contribution in [0.25, 0.3) is 0 Å². The zero-order valence-corrected chi connectivity index (χ0v) is 9.25. The maximum atomic E-state index is 11.9. The van der Waals surface area contributed by atoms with Gasteiger partial charge in [-0.25, -0.2) is 13.1 Å². The van der Waals surface area contributed by atoms with Gasteiger partial charge in [-0.3, -0.25) is 0 Å². The molecule has 1 N–H and O–H groups in total. The molecule has 1 aliphatic rings. The van der Waals surface area contributed by atoms with E-state index < -0.39 is 15.6 Å². The van der Waals surface area contributed by atoms with E-state index in [4.69, 9.17) is 4.74 Å². The molecule has 1 aromatic carbocycles. The highest BCUT2D eigenvalue weighted by Gasteiger charge is 2.37. The molecule has 1 aliphatic heterocycles. The summed E-state index contributed by atoms with van der Waals surface area (Å²) < 4.78 is 31.4. The van der Waals surface area contributed by atoms with Gasteiger partial charge in [-0.1, -0.05) is 18.2 Å². The van der Waals surface area contributed by atoms with Gasteiger partial charge in [0.15, 0.2) is 0 Å². The minimum absolute atomic E-state index is 0.290. The van der Waals surface area contributed by atoms with E-state index in [1.807, 2.05) is 6.92 Å². The molecule has 0 spiro atoms. The molecule has 1 aromatic rings. The first-order chi connectivity index (χ1) is 7.02. The zero-order chi connectivity index (χ0) is 10.9. The second-order valence-electron chi connectivity index (χ2n) is 3.97. The lowest BCUT2D eigenvalue weighted by Crippen LogP contribution is -2.59. The first kappa shape index (κ1) is 10.6. The molecule has 0 atom stereocenters. The lowest BCUT2D eigenvalue weighted by molar-refractivity contribution is -0.0523. The fourth-order valence-electron chi connectivity index (χ4n) is 1.45. The summed E-state index contributed by atoms with van der Waals surface area (Å²) in [5.41, 5.74) is -0.450. The van der Waals surface area contributed by atoms with Crippen LogP contribution in [0.5, 0.6) is 0 Å². The Hall–Kier alpha value is -0.910. The molecule has 4 nitrogen and oxygen atoms in total. The molecule has 0 aromatic heterocycles. The normalized spacial score (nSPS) is 19.5. The number of ether oxygens (including phenoxy) is 1. The van der Waals surface area contributed by atoms with Crippen LogP contribution in [0.4, 0.5) is 0 Å². The third kappa shape index (κ3) is 2.19. The highest BCUT2D eigenvalue weighted by atomic mass is 32.2. The average Bonchev–Trinajstić information content (AvgIpc) is 2.16. The summed E-state index contributed by atoms with van der Waals surface area (Å²) in [6.45, 7) is 2.69. The van der Waals surface area contributed by atoms with Crippen LogP contribution >= 0.6 is 0 Å². The summed E-state index contributed by atoms with van der Waals surface area (Å²) in [5, 5.41) is 0. The molecule has 0 bridgehead atoms. The lowest BCUT2D eigenvalue weighted by atomic mass is 10.0. The van der Waals surface area contributed by atoms with Gasteiger partial charge in [0.25, 0.3) is 0 Å². The smallest absolute Gasteiger partial charge is 0.241 e. The van der Waals surface area contributed by atoms with Gasteiger partial charge in [-0.05, 0) is 19.1 Å². The quantitative estimate of drug-likeness (QED) is 0.829. The first-order valence-electron chi connectivity index (χ1n) is 4.69. The van der Waals surface area contributed by atoms with Crippen LogP contribution in [0.15, 0.2) is 35.2 Å². The molecule has 15 heavy (non-hydrogen) atoms. The molecule has 5 heteroatoms. The largest absolute Gasteiger partial charge is 0.377 e. The molecule has 0 unspecified atom stereocenters. The van der Waals surface area contributed by atoms with Gasteiger partial charge in [-0.15, -0.1) is 0 Å². The maximum Gasteiger partial charge on any atom is 0.241 e. The van der Waals surface area contributed by atoms with Gasteiger partial charge in [0.2, 0.25) is 10.0 Å². The number of benzene rings is 1. The van der Waals surface area contributed by atoms with E-state index in [0.717, 1.165) is 0 Å². The number of sulfonamides is 1. The molecular formula is C10H13NO3S. The molecule has 0 amide bonds. The Bertz CT molecular complexity index is 437. The standard InChI is InChI=1S/C10H13NO3S/c1-10(7-14-8-10)11-15(12,13)9-5-3-2-4-6-9/h2-6,11H,7-8H2,1H3. The number of hydrogen-bond donors (Lipinski definition) is 1. The Morgan fingerprint density at radius 3 is 2.33 bits per heavy atom. The van der Waals surface area contributed by atoms with E-state index in [0.29, 0.717) is 13.2 Å². The van der Waals surface area contributed by atoms with Crippen molar-refractivity contribution in [1.82, 2.24) is 4.72 Å². The predicted octanol–water partition coefficient (Wildman–Crippen LogP) is 0.754. The highest BCUT2D eigenvalue weighted by molar-refractivity contribution is 7.89. The van der Waals surface area contributed by atoms with Gasteiger partial charge in [0.1, 0.15) is 0 Å². The molecule has 1 saturated heterocycles. The van der Waals surface area contributed by atoms with Gasteiger partial charge < -0.3 is 4.74 Å². The van der Waals surface area contributed by atoms with Crippen LogP contribution in [0, 0.1) is 0 Å². The predicted molar refractivity (Wildman–Crippen MR) is 56.0 cm³/mol. The van der Waals surface area contributed by atoms with Crippen LogP contribution in [-0.2, 0) is 14.8 Å². The summed E-state index contributed by atoms with van der Waals surface area (Å²) in [4.78, 5) is 0.290. The summed E-state index contributed by atoms with van der Waals surface area (Å²) in [6, 6.07) is 8.34. The van der Waals surface area contributed by atoms with E-state index >= 15 is 0 Å². The van der Waals surface area contributed by atoms with Crippen molar-refractivity contribution in [2.45, 2.75) is 17.4 Å². The molecule has 2 rings (SSSR count).